The lowest BCUT2D eigenvalue weighted by Gasteiger charge is -2.32. The fourth-order valence-electron chi connectivity index (χ4n) is 3.22. The molecule has 1 aliphatic heterocycles. The van der Waals surface area contributed by atoms with Crippen molar-refractivity contribution in [2.24, 2.45) is 5.92 Å². The first-order valence-corrected chi connectivity index (χ1v) is 9.01. The summed E-state index contributed by atoms with van der Waals surface area (Å²) in [5.41, 5.74) is -0.748. The molecule has 2 heterocycles. The van der Waals surface area contributed by atoms with Gasteiger partial charge in [-0.25, -0.2) is 4.98 Å². The summed E-state index contributed by atoms with van der Waals surface area (Å²) in [7, 11) is 0. The van der Waals surface area contributed by atoms with Crippen molar-refractivity contribution in [3.63, 3.8) is 0 Å². The number of carbonyl (C=O) groups is 1. The number of rotatable bonds is 7. The van der Waals surface area contributed by atoms with E-state index < -0.39 is 5.54 Å². The molecule has 2 N–H and O–H groups in total. The Balaban J connectivity index is 1.54. The Morgan fingerprint density at radius 2 is 2.36 bits per heavy atom. The first-order valence-electron chi connectivity index (χ1n) is 9.01. The van der Waals surface area contributed by atoms with Crippen LogP contribution in [0.3, 0.4) is 0 Å². The van der Waals surface area contributed by atoms with Crippen LogP contribution >= 0.6 is 0 Å². The summed E-state index contributed by atoms with van der Waals surface area (Å²) in [5, 5.41) is 19.5. The van der Waals surface area contributed by atoms with Crippen LogP contribution in [0.1, 0.15) is 50.9 Å². The molecule has 1 saturated heterocycles. The topological polar surface area (TPSA) is 107 Å². The van der Waals surface area contributed by atoms with Crippen LogP contribution in [-0.2, 0) is 16.0 Å². The number of ether oxygens (including phenoxy) is 1. The molecule has 2 atom stereocenters. The Hall–Kier alpha value is -1.98. The minimum atomic E-state index is -0.748. The summed E-state index contributed by atoms with van der Waals surface area (Å²) in [6.07, 6.45) is 3.66. The smallest absolute Gasteiger partial charge is 0.235 e. The number of amides is 1. The average Bonchev–Trinajstić information content (AvgIpc) is 3.36. The minimum Gasteiger partial charge on any atom is -0.367 e. The number of aryl methyl sites for hydroxylation is 1. The van der Waals surface area contributed by atoms with Crippen LogP contribution in [0.4, 0.5) is 0 Å². The van der Waals surface area contributed by atoms with Crippen molar-refractivity contribution in [1.82, 2.24) is 25.4 Å². The predicted molar refractivity (Wildman–Crippen MR) is 90.4 cm³/mol. The van der Waals surface area contributed by atoms with Gasteiger partial charge in [-0.1, -0.05) is 6.92 Å². The van der Waals surface area contributed by atoms with E-state index in [4.69, 9.17) is 4.74 Å². The highest BCUT2D eigenvalue weighted by Gasteiger charge is 2.43. The van der Waals surface area contributed by atoms with E-state index in [1.165, 1.54) is 0 Å². The molecule has 3 rings (SSSR count). The fourth-order valence-corrected chi connectivity index (χ4v) is 3.22. The Labute approximate surface area is 147 Å². The molecule has 1 saturated carbocycles. The molecule has 1 aromatic rings. The van der Waals surface area contributed by atoms with E-state index in [-0.39, 0.29) is 24.5 Å². The second-order valence-corrected chi connectivity index (χ2v) is 7.12. The van der Waals surface area contributed by atoms with Crippen molar-refractivity contribution >= 4 is 5.91 Å². The summed E-state index contributed by atoms with van der Waals surface area (Å²) in [5.74, 6) is 1.68. The van der Waals surface area contributed by atoms with Gasteiger partial charge in [0.05, 0.1) is 19.2 Å². The minimum absolute atomic E-state index is 0.113. The molecule has 0 radical (unpaired) electrons. The molecule has 8 nitrogen and oxygen atoms in total. The van der Waals surface area contributed by atoms with Gasteiger partial charge in [-0.15, -0.1) is 0 Å². The third-order valence-corrected chi connectivity index (χ3v) is 4.87. The number of hydrogen-bond donors (Lipinski definition) is 2. The van der Waals surface area contributed by atoms with E-state index in [0.717, 1.165) is 31.5 Å². The Morgan fingerprint density at radius 1 is 1.56 bits per heavy atom. The number of aromatic nitrogens is 3. The molecule has 0 spiro atoms. The largest absolute Gasteiger partial charge is 0.367 e. The highest BCUT2D eigenvalue weighted by atomic mass is 16.5. The lowest BCUT2D eigenvalue weighted by atomic mass is 9.98. The highest BCUT2D eigenvalue weighted by Crippen LogP contribution is 2.39. The molecule has 25 heavy (non-hydrogen) atoms. The van der Waals surface area contributed by atoms with Gasteiger partial charge in [-0.05, 0) is 32.1 Å². The standard InChI is InChI=1S/C17H26N6O2/c1-3-4-14-19-16(22-21-14)13-9-23(7-8-25-13)10-15(24)20-17(2,11-18)12-5-6-12/h12-13H,3-10H2,1-2H3,(H,20,24)(H,19,21,22)/t13-,17-/m1/s1. The maximum absolute atomic E-state index is 12.4. The molecule has 0 aromatic carbocycles. The van der Waals surface area contributed by atoms with Crippen LogP contribution in [0.5, 0.6) is 0 Å². The van der Waals surface area contributed by atoms with E-state index in [2.05, 4.69) is 33.5 Å². The Bertz CT molecular complexity index is 650. The molecule has 136 valence electrons. The number of nitrogens with one attached hydrogen (secondary N) is 2. The lowest BCUT2D eigenvalue weighted by Crippen LogP contribution is -2.51. The molecular weight excluding hydrogens is 320 g/mol. The van der Waals surface area contributed by atoms with Gasteiger partial charge in [0.1, 0.15) is 17.5 Å². The highest BCUT2D eigenvalue weighted by molar-refractivity contribution is 5.79. The Kier molecular flexibility index (Phi) is 5.35. The van der Waals surface area contributed by atoms with E-state index in [1.807, 2.05) is 11.8 Å². The third kappa shape index (κ3) is 4.35. The van der Waals surface area contributed by atoms with Crippen LogP contribution in [0.2, 0.25) is 0 Å². The number of H-pyrrole nitrogens is 1. The van der Waals surface area contributed by atoms with Crippen molar-refractivity contribution in [2.75, 3.05) is 26.2 Å². The van der Waals surface area contributed by atoms with Gasteiger partial charge >= 0.3 is 0 Å². The van der Waals surface area contributed by atoms with E-state index in [0.29, 0.717) is 25.5 Å². The maximum Gasteiger partial charge on any atom is 0.235 e. The van der Waals surface area contributed by atoms with Crippen molar-refractivity contribution < 1.29 is 9.53 Å². The van der Waals surface area contributed by atoms with Gasteiger partial charge < -0.3 is 10.1 Å². The second-order valence-electron chi connectivity index (χ2n) is 7.12. The fraction of sp³-hybridized carbons (Fsp3) is 0.765. The van der Waals surface area contributed by atoms with Crippen LogP contribution in [-0.4, -0.2) is 57.8 Å². The molecular formula is C17H26N6O2. The molecule has 2 aliphatic rings. The number of nitrogens with zero attached hydrogens (tertiary/aromatic N) is 4. The van der Waals surface area contributed by atoms with E-state index in [9.17, 15) is 10.1 Å². The molecule has 1 aromatic heterocycles. The number of hydrogen-bond acceptors (Lipinski definition) is 6. The molecule has 1 aliphatic carbocycles. The van der Waals surface area contributed by atoms with Crippen molar-refractivity contribution in [3.8, 4) is 6.07 Å². The van der Waals surface area contributed by atoms with Gasteiger partial charge in [0.2, 0.25) is 5.91 Å². The Morgan fingerprint density at radius 3 is 3.04 bits per heavy atom. The monoisotopic (exact) mass is 346 g/mol. The summed E-state index contributed by atoms with van der Waals surface area (Å²) < 4.78 is 5.77. The van der Waals surface area contributed by atoms with Crippen LogP contribution in [0.25, 0.3) is 0 Å². The molecule has 0 unspecified atom stereocenters. The van der Waals surface area contributed by atoms with Crippen LogP contribution in [0.15, 0.2) is 0 Å². The SMILES string of the molecule is CCCc1nc([C@H]2CN(CC(=O)N[C@](C)(C#N)C3CC3)CCO2)n[nH]1. The lowest BCUT2D eigenvalue weighted by molar-refractivity contribution is -0.125. The summed E-state index contributed by atoms with van der Waals surface area (Å²) in [4.78, 5) is 18.9. The van der Waals surface area contributed by atoms with E-state index in [1.54, 1.807) is 0 Å². The summed E-state index contributed by atoms with van der Waals surface area (Å²) >= 11 is 0. The molecule has 8 heteroatoms. The van der Waals surface area contributed by atoms with Crippen LogP contribution < -0.4 is 5.32 Å². The van der Waals surface area contributed by atoms with Crippen LogP contribution in [0, 0.1) is 17.2 Å². The number of carbonyl (C=O) groups excluding carboxylic acids is 1. The third-order valence-electron chi connectivity index (χ3n) is 4.87. The molecule has 2 fully saturated rings. The number of aromatic amines is 1. The zero-order chi connectivity index (χ0) is 17.9. The summed E-state index contributed by atoms with van der Waals surface area (Å²) in [6, 6.07) is 2.26. The zero-order valence-corrected chi connectivity index (χ0v) is 14.9. The zero-order valence-electron chi connectivity index (χ0n) is 14.9. The number of nitriles is 1. The van der Waals surface area contributed by atoms with Crippen molar-refractivity contribution in [3.05, 3.63) is 11.6 Å². The quantitative estimate of drug-likeness (QED) is 0.761. The van der Waals surface area contributed by atoms with Gasteiger partial charge in [0.25, 0.3) is 0 Å². The first-order chi connectivity index (χ1) is 12.0. The second kappa shape index (κ2) is 7.50. The van der Waals surface area contributed by atoms with Crippen molar-refractivity contribution in [2.45, 2.75) is 51.2 Å². The normalized spacial score (nSPS) is 23.6. The van der Waals surface area contributed by atoms with Gasteiger partial charge in [-0.2, -0.15) is 10.4 Å². The van der Waals surface area contributed by atoms with E-state index >= 15 is 0 Å². The molecule has 1 amide bonds. The summed E-state index contributed by atoms with van der Waals surface area (Å²) in [6.45, 7) is 5.96. The first kappa shape index (κ1) is 17.8. The number of morpholine rings is 1. The van der Waals surface area contributed by atoms with Gasteiger partial charge in [0, 0.05) is 19.5 Å². The van der Waals surface area contributed by atoms with Gasteiger partial charge in [0.15, 0.2) is 5.82 Å². The maximum atomic E-state index is 12.4. The predicted octanol–water partition coefficient (Wildman–Crippen LogP) is 0.939. The van der Waals surface area contributed by atoms with Gasteiger partial charge in [-0.3, -0.25) is 14.8 Å². The molecule has 0 bridgehead atoms. The average molecular weight is 346 g/mol. The van der Waals surface area contributed by atoms with Crippen molar-refractivity contribution in [1.29, 1.82) is 5.26 Å².